The van der Waals surface area contributed by atoms with E-state index in [0.717, 1.165) is 10.0 Å². The normalized spacial score (nSPS) is 11.7. The Balaban J connectivity index is 1.88. The summed E-state index contributed by atoms with van der Waals surface area (Å²) in [6, 6.07) is 12.0. The molecule has 4 aromatic rings. The van der Waals surface area contributed by atoms with Gasteiger partial charge in [0, 0.05) is 68.1 Å². The van der Waals surface area contributed by atoms with E-state index in [0.29, 0.717) is 0 Å². The molecule has 4 rings (SSSR count). The van der Waals surface area contributed by atoms with Crippen molar-refractivity contribution in [2.75, 3.05) is 0 Å². The van der Waals surface area contributed by atoms with Gasteiger partial charge in [-0.05, 0) is 36.4 Å². The highest BCUT2D eigenvalue weighted by molar-refractivity contribution is 7.99. The third kappa shape index (κ3) is 2.53. The summed E-state index contributed by atoms with van der Waals surface area (Å²) in [4.78, 5) is 2.38. The summed E-state index contributed by atoms with van der Waals surface area (Å²) in [5.74, 6) is 0. The van der Waals surface area contributed by atoms with Gasteiger partial charge in [0.2, 0.25) is 0 Å². The van der Waals surface area contributed by atoms with Crippen molar-refractivity contribution < 1.29 is 0 Å². The fourth-order valence-corrected chi connectivity index (χ4v) is 4.49. The molecule has 0 amide bonds. The van der Waals surface area contributed by atoms with Gasteiger partial charge in [-0.2, -0.15) is 0 Å². The van der Waals surface area contributed by atoms with Gasteiger partial charge in [-0.15, -0.1) is 0 Å². The van der Waals surface area contributed by atoms with Gasteiger partial charge in [-0.3, -0.25) is 0 Å². The van der Waals surface area contributed by atoms with Crippen molar-refractivity contribution in [1.29, 1.82) is 0 Å². The molecule has 0 fully saturated rings. The van der Waals surface area contributed by atoms with E-state index in [1.807, 2.05) is 24.3 Å². The van der Waals surface area contributed by atoms with E-state index >= 15 is 0 Å². The molecule has 2 aromatic carbocycles. The van der Waals surface area contributed by atoms with Crippen LogP contribution in [0.1, 0.15) is 0 Å². The standard InChI is InChI=1S/C18H14Cl2N2S/c1-21-9-17(13-7-11(19)3-5-15(13)21)23-18-10-22(2)16-6-4-12(20)8-14(16)18/h3-10H,1-2H3. The van der Waals surface area contributed by atoms with Gasteiger partial charge in [0.05, 0.1) is 0 Å². The van der Waals surface area contributed by atoms with Crippen LogP contribution in [0.2, 0.25) is 10.0 Å². The van der Waals surface area contributed by atoms with Crippen LogP contribution in [0.25, 0.3) is 21.8 Å². The van der Waals surface area contributed by atoms with E-state index in [-0.39, 0.29) is 0 Å². The zero-order valence-corrected chi connectivity index (χ0v) is 15.0. The highest BCUT2D eigenvalue weighted by Crippen LogP contribution is 2.40. The Bertz CT molecular complexity index is 962. The molecule has 0 aliphatic rings. The second kappa shape index (κ2) is 5.52. The lowest BCUT2D eigenvalue weighted by Crippen LogP contribution is -1.82. The molecular weight excluding hydrogens is 347 g/mol. The molecular formula is C18H14Cl2N2S. The van der Waals surface area contributed by atoms with Gasteiger partial charge in [0.15, 0.2) is 0 Å². The lowest BCUT2D eigenvalue weighted by molar-refractivity contribution is 0.954. The van der Waals surface area contributed by atoms with Gasteiger partial charge in [0.25, 0.3) is 0 Å². The molecule has 2 nitrogen and oxygen atoms in total. The van der Waals surface area contributed by atoms with Crippen LogP contribution in [0.4, 0.5) is 0 Å². The van der Waals surface area contributed by atoms with Gasteiger partial charge in [-0.1, -0.05) is 35.0 Å². The minimum Gasteiger partial charge on any atom is -0.349 e. The number of aryl methyl sites for hydroxylation is 2. The van der Waals surface area contributed by atoms with E-state index in [2.05, 4.69) is 47.8 Å². The summed E-state index contributed by atoms with van der Waals surface area (Å²) < 4.78 is 4.26. The molecule has 0 N–H and O–H groups in total. The Kier molecular flexibility index (Phi) is 3.60. The van der Waals surface area contributed by atoms with Gasteiger partial charge < -0.3 is 9.13 Å². The molecule has 5 heteroatoms. The van der Waals surface area contributed by atoms with Gasteiger partial charge in [0.1, 0.15) is 0 Å². The molecule has 2 aromatic heterocycles. The predicted octanol–water partition coefficient (Wildman–Crippen LogP) is 6.13. The number of hydrogen-bond donors (Lipinski definition) is 0. The molecule has 0 radical (unpaired) electrons. The largest absolute Gasteiger partial charge is 0.349 e. The van der Waals surface area contributed by atoms with Gasteiger partial charge in [-0.25, -0.2) is 0 Å². The third-order valence-corrected chi connectivity index (χ3v) is 5.61. The molecule has 0 bridgehead atoms. The Labute approximate surface area is 148 Å². The zero-order valence-electron chi connectivity index (χ0n) is 12.7. The molecule has 0 saturated carbocycles. The second-order valence-electron chi connectivity index (χ2n) is 5.63. The number of nitrogens with zero attached hydrogens (tertiary/aromatic N) is 2. The number of benzene rings is 2. The molecule has 0 atom stereocenters. The van der Waals surface area contributed by atoms with Crippen LogP contribution < -0.4 is 0 Å². The summed E-state index contributed by atoms with van der Waals surface area (Å²) in [7, 11) is 4.11. The van der Waals surface area contributed by atoms with E-state index in [4.69, 9.17) is 23.2 Å². The number of rotatable bonds is 2. The SMILES string of the molecule is Cn1cc(Sc2cn(C)c3ccc(Cl)cc23)c2cc(Cl)ccc21. The Hall–Kier alpha value is -1.55. The fraction of sp³-hybridized carbons (Fsp3) is 0.111. The Morgan fingerprint density at radius 3 is 1.61 bits per heavy atom. The second-order valence-corrected chi connectivity index (χ2v) is 7.59. The number of halogens is 2. The number of fused-ring (bicyclic) bond motifs is 2. The van der Waals surface area contributed by atoms with Crippen LogP contribution in [0, 0.1) is 0 Å². The van der Waals surface area contributed by atoms with Crippen LogP contribution in [0.15, 0.2) is 58.6 Å². The topological polar surface area (TPSA) is 9.86 Å². The molecule has 0 aliphatic carbocycles. The van der Waals surface area contributed by atoms with Crippen LogP contribution >= 0.6 is 35.0 Å². The van der Waals surface area contributed by atoms with Gasteiger partial charge >= 0.3 is 0 Å². The first-order valence-electron chi connectivity index (χ1n) is 7.20. The third-order valence-electron chi connectivity index (χ3n) is 4.05. The van der Waals surface area contributed by atoms with Crippen molar-refractivity contribution >= 4 is 56.8 Å². The summed E-state index contributed by atoms with van der Waals surface area (Å²) >= 11 is 14.1. The summed E-state index contributed by atoms with van der Waals surface area (Å²) in [5.41, 5.74) is 2.35. The smallest absolute Gasteiger partial charge is 0.0490 e. The molecule has 0 unspecified atom stereocenters. The number of hydrogen-bond acceptors (Lipinski definition) is 1. The first-order chi connectivity index (χ1) is 11.0. The quantitative estimate of drug-likeness (QED) is 0.418. The van der Waals surface area contributed by atoms with Crippen LogP contribution in [-0.4, -0.2) is 9.13 Å². The maximum atomic E-state index is 6.18. The van der Waals surface area contributed by atoms with Crippen molar-refractivity contribution in [2.24, 2.45) is 14.1 Å². The van der Waals surface area contributed by atoms with Crippen molar-refractivity contribution in [3.8, 4) is 0 Å². The average molecular weight is 361 g/mol. The molecule has 0 saturated heterocycles. The zero-order chi connectivity index (χ0) is 16.1. The Morgan fingerprint density at radius 2 is 1.17 bits per heavy atom. The van der Waals surface area contributed by atoms with Crippen LogP contribution in [0.5, 0.6) is 0 Å². The number of aromatic nitrogens is 2. The van der Waals surface area contributed by atoms with Crippen molar-refractivity contribution in [2.45, 2.75) is 9.79 Å². The summed E-state index contributed by atoms with van der Waals surface area (Å²) in [6.45, 7) is 0. The van der Waals surface area contributed by atoms with Crippen LogP contribution in [-0.2, 0) is 14.1 Å². The molecule has 116 valence electrons. The molecule has 0 aliphatic heterocycles. The lowest BCUT2D eigenvalue weighted by atomic mass is 10.2. The predicted molar refractivity (Wildman–Crippen MR) is 100.0 cm³/mol. The van der Waals surface area contributed by atoms with Crippen LogP contribution in [0.3, 0.4) is 0 Å². The van der Waals surface area contributed by atoms with Crippen molar-refractivity contribution in [1.82, 2.24) is 9.13 Å². The highest BCUT2D eigenvalue weighted by atomic mass is 35.5. The minimum atomic E-state index is 0.756. The fourth-order valence-electron chi connectivity index (χ4n) is 2.94. The monoisotopic (exact) mass is 360 g/mol. The summed E-state index contributed by atoms with van der Waals surface area (Å²) in [6.07, 6.45) is 4.30. The lowest BCUT2D eigenvalue weighted by Gasteiger charge is -2.00. The molecule has 2 heterocycles. The maximum absolute atomic E-state index is 6.18. The van der Waals surface area contributed by atoms with E-state index in [1.165, 1.54) is 31.6 Å². The minimum absolute atomic E-state index is 0.756. The first-order valence-corrected chi connectivity index (χ1v) is 8.77. The van der Waals surface area contributed by atoms with Crippen molar-refractivity contribution in [3.05, 3.63) is 58.8 Å². The first kappa shape index (κ1) is 15.0. The van der Waals surface area contributed by atoms with E-state index < -0.39 is 0 Å². The van der Waals surface area contributed by atoms with E-state index in [1.54, 1.807) is 11.8 Å². The van der Waals surface area contributed by atoms with E-state index in [9.17, 15) is 0 Å². The maximum Gasteiger partial charge on any atom is 0.0490 e. The molecule has 23 heavy (non-hydrogen) atoms. The molecule has 0 spiro atoms. The average Bonchev–Trinajstić information content (AvgIpc) is 2.97. The van der Waals surface area contributed by atoms with Crippen molar-refractivity contribution in [3.63, 3.8) is 0 Å². The summed E-state index contributed by atoms with van der Waals surface area (Å²) in [5, 5.41) is 3.85. The Morgan fingerprint density at radius 1 is 0.739 bits per heavy atom. The highest BCUT2D eigenvalue weighted by Gasteiger charge is 2.13.